The molecule has 0 heterocycles. The van der Waals surface area contributed by atoms with E-state index in [0.717, 1.165) is 24.1 Å². The minimum absolute atomic E-state index is 0.340. The summed E-state index contributed by atoms with van der Waals surface area (Å²) in [4.78, 5) is 0.396. The molecule has 0 bridgehead atoms. The lowest BCUT2D eigenvalue weighted by Crippen LogP contribution is -2.32. The zero-order valence-electron chi connectivity index (χ0n) is 13.2. The Balaban J connectivity index is 3.20. The predicted octanol–water partition coefficient (Wildman–Crippen LogP) is 2.69. The van der Waals surface area contributed by atoms with Crippen molar-refractivity contribution in [2.75, 3.05) is 19.6 Å². The number of nitrogens with one attached hydrogen (secondary N) is 1. The zero-order valence-corrected chi connectivity index (χ0v) is 14.0. The van der Waals surface area contributed by atoms with E-state index in [1.807, 2.05) is 32.9 Å². The van der Waals surface area contributed by atoms with E-state index in [9.17, 15) is 8.42 Å². The molecule has 0 aliphatic carbocycles. The Morgan fingerprint density at radius 2 is 2.05 bits per heavy atom. The minimum Gasteiger partial charge on any atom is -0.313 e. The highest BCUT2D eigenvalue weighted by Crippen LogP contribution is 2.23. The summed E-state index contributed by atoms with van der Waals surface area (Å²) in [6.45, 7) is 11.9. The molecule has 0 aliphatic heterocycles. The number of sulfonamides is 1. The van der Waals surface area contributed by atoms with Crippen LogP contribution in [0.3, 0.4) is 0 Å². The third-order valence-corrected chi connectivity index (χ3v) is 5.39. The van der Waals surface area contributed by atoms with Gasteiger partial charge in [-0.15, -0.1) is 6.58 Å². The molecule has 0 spiro atoms. The van der Waals surface area contributed by atoms with Gasteiger partial charge in [0.05, 0.1) is 4.90 Å². The summed E-state index contributed by atoms with van der Waals surface area (Å²) >= 11 is 0. The molecule has 0 amide bonds. The normalized spacial score (nSPS) is 11.8. The first-order valence-electron chi connectivity index (χ1n) is 7.39. The summed E-state index contributed by atoms with van der Waals surface area (Å²) in [5.74, 6) is 0. The molecule has 0 aromatic heterocycles. The second-order valence-corrected chi connectivity index (χ2v) is 6.88. The maximum atomic E-state index is 12.8. The third kappa shape index (κ3) is 4.40. The topological polar surface area (TPSA) is 49.4 Å². The summed E-state index contributed by atoms with van der Waals surface area (Å²) in [5.41, 5.74) is 1.84. The van der Waals surface area contributed by atoms with Crippen LogP contribution in [0.1, 0.15) is 31.4 Å². The van der Waals surface area contributed by atoms with Crippen molar-refractivity contribution in [3.8, 4) is 0 Å². The molecule has 0 fully saturated rings. The lowest BCUT2D eigenvalue weighted by Gasteiger charge is -2.22. The van der Waals surface area contributed by atoms with Crippen LogP contribution in [0.15, 0.2) is 35.7 Å². The number of hydrogen-bond acceptors (Lipinski definition) is 3. The first-order chi connectivity index (χ1) is 9.98. The van der Waals surface area contributed by atoms with Crippen molar-refractivity contribution in [3.05, 3.63) is 42.0 Å². The Morgan fingerprint density at radius 1 is 1.33 bits per heavy atom. The van der Waals surface area contributed by atoms with Crippen molar-refractivity contribution in [2.24, 2.45) is 0 Å². The van der Waals surface area contributed by atoms with Crippen LogP contribution in [0.4, 0.5) is 0 Å². The molecule has 21 heavy (non-hydrogen) atoms. The van der Waals surface area contributed by atoms with Gasteiger partial charge in [-0.2, -0.15) is 4.31 Å². The van der Waals surface area contributed by atoms with Gasteiger partial charge in [0.25, 0.3) is 0 Å². The molecule has 1 rings (SSSR count). The Hall–Kier alpha value is -1.17. The van der Waals surface area contributed by atoms with E-state index in [1.165, 1.54) is 4.31 Å². The van der Waals surface area contributed by atoms with Gasteiger partial charge < -0.3 is 5.32 Å². The largest absolute Gasteiger partial charge is 0.313 e. The average Bonchev–Trinajstić information content (AvgIpc) is 2.45. The molecule has 1 aromatic rings. The SMILES string of the molecule is C=CCN(CCC)S(=O)(=O)c1cccc(CNCC)c1C. The van der Waals surface area contributed by atoms with E-state index in [0.29, 0.717) is 24.5 Å². The molecule has 1 aromatic carbocycles. The molecule has 5 heteroatoms. The summed E-state index contributed by atoms with van der Waals surface area (Å²) in [6.07, 6.45) is 2.41. The smallest absolute Gasteiger partial charge is 0.243 e. The molecular weight excluding hydrogens is 284 g/mol. The monoisotopic (exact) mass is 310 g/mol. The van der Waals surface area contributed by atoms with Crippen LogP contribution in [0.2, 0.25) is 0 Å². The van der Waals surface area contributed by atoms with Crippen LogP contribution < -0.4 is 5.32 Å². The Bertz CT molecular complexity index is 568. The van der Waals surface area contributed by atoms with Crippen LogP contribution in [0.25, 0.3) is 0 Å². The number of benzene rings is 1. The second kappa shape index (κ2) is 8.32. The van der Waals surface area contributed by atoms with Crippen molar-refractivity contribution in [3.63, 3.8) is 0 Å². The Kier molecular flexibility index (Phi) is 7.08. The maximum absolute atomic E-state index is 12.8. The van der Waals surface area contributed by atoms with Gasteiger partial charge in [0.15, 0.2) is 0 Å². The summed E-state index contributed by atoms with van der Waals surface area (Å²) in [6, 6.07) is 5.46. The van der Waals surface area contributed by atoms with Gasteiger partial charge in [-0.1, -0.05) is 32.1 Å². The summed E-state index contributed by atoms with van der Waals surface area (Å²) in [7, 11) is -3.47. The van der Waals surface area contributed by atoms with Crippen LogP contribution in [-0.2, 0) is 16.6 Å². The molecule has 0 saturated carbocycles. The van der Waals surface area contributed by atoms with E-state index in [-0.39, 0.29) is 0 Å². The van der Waals surface area contributed by atoms with Crippen molar-refractivity contribution < 1.29 is 8.42 Å². The molecule has 1 N–H and O–H groups in total. The molecule has 0 saturated heterocycles. The third-order valence-electron chi connectivity index (χ3n) is 3.39. The zero-order chi connectivity index (χ0) is 15.9. The van der Waals surface area contributed by atoms with E-state index >= 15 is 0 Å². The van der Waals surface area contributed by atoms with Crippen molar-refractivity contribution in [1.82, 2.24) is 9.62 Å². The fraction of sp³-hybridized carbons (Fsp3) is 0.500. The molecule has 0 radical (unpaired) electrons. The highest BCUT2D eigenvalue weighted by atomic mass is 32.2. The summed E-state index contributed by atoms with van der Waals surface area (Å²) in [5, 5.41) is 3.24. The molecule has 0 atom stereocenters. The fourth-order valence-corrected chi connectivity index (χ4v) is 4.00. The average molecular weight is 310 g/mol. The van der Waals surface area contributed by atoms with E-state index < -0.39 is 10.0 Å². The standard InChI is InChI=1S/C16H26N2O2S/c1-5-11-18(12-6-2)21(19,20)16-10-8-9-15(14(16)4)13-17-7-3/h5,8-10,17H,1,6-7,11-13H2,2-4H3. The van der Waals surface area contributed by atoms with Gasteiger partial charge in [0.1, 0.15) is 0 Å². The lowest BCUT2D eigenvalue weighted by atomic mass is 10.1. The van der Waals surface area contributed by atoms with Gasteiger partial charge in [0.2, 0.25) is 10.0 Å². The van der Waals surface area contributed by atoms with E-state index in [1.54, 1.807) is 12.1 Å². The van der Waals surface area contributed by atoms with E-state index in [4.69, 9.17) is 0 Å². The number of nitrogens with zero attached hydrogens (tertiary/aromatic N) is 1. The Labute approximate surface area is 128 Å². The molecule has 4 nitrogen and oxygen atoms in total. The first-order valence-corrected chi connectivity index (χ1v) is 8.83. The molecule has 0 unspecified atom stereocenters. The van der Waals surface area contributed by atoms with Crippen molar-refractivity contribution in [2.45, 2.75) is 38.6 Å². The minimum atomic E-state index is -3.47. The van der Waals surface area contributed by atoms with Gasteiger partial charge in [-0.05, 0) is 37.1 Å². The van der Waals surface area contributed by atoms with Gasteiger partial charge in [0, 0.05) is 19.6 Å². The highest BCUT2D eigenvalue weighted by molar-refractivity contribution is 7.89. The maximum Gasteiger partial charge on any atom is 0.243 e. The number of hydrogen-bond donors (Lipinski definition) is 1. The van der Waals surface area contributed by atoms with Crippen LogP contribution >= 0.6 is 0 Å². The van der Waals surface area contributed by atoms with Gasteiger partial charge >= 0.3 is 0 Å². The Morgan fingerprint density at radius 3 is 2.62 bits per heavy atom. The van der Waals surface area contributed by atoms with Crippen LogP contribution in [0.5, 0.6) is 0 Å². The quantitative estimate of drug-likeness (QED) is 0.713. The molecule has 118 valence electrons. The van der Waals surface area contributed by atoms with Crippen LogP contribution in [0, 0.1) is 6.92 Å². The van der Waals surface area contributed by atoms with Crippen molar-refractivity contribution in [1.29, 1.82) is 0 Å². The first kappa shape index (κ1) is 17.9. The van der Waals surface area contributed by atoms with Crippen molar-refractivity contribution >= 4 is 10.0 Å². The second-order valence-electron chi connectivity index (χ2n) is 4.97. The fourth-order valence-electron chi connectivity index (χ4n) is 2.23. The molecule has 0 aliphatic rings. The highest BCUT2D eigenvalue weighted by Gasteiger charge is 2.25. The van der Waals surface area contributed by atoms with Gasteiger partial charge in [-0.3, -0.25) is 0 Å². The summed E-state index contributed by atoms with van der Waals surface area (Å²) < 4.78 is 27.1. The van der Waals surface area contributed by atoms with Gasteiger partial charge in [-0.25, -0.2) is 8.42 Å². The van der Waals surface area contributed by atoms with E-state index in [2.05, 4.69) is 11.9 Å². The molecular formula is C16H26N2O2S. The van der Waals surface area contributed by atoms with Crippen LogP contribution in [-0.4, -0.2) is 32.4 Å². The number of rotatable bonds is 9. The predicted molar refractivity (Wildman–Crippen MR) is 87.8 cm³/mol. The lowest BCUT2D eigenvalue weighted by molar-refractivity contribution is 0.441.